The van der Waals surface area contributed by atoms with E-state index in [1.807, 2.05) is 0 Å². The summed E-state index contributed by atoms with van der Waals surface area (Å²) in [6, 6.07) is 12.8. The Labute approximate surface area is 131 Å². The zero-order valence-corrected chi connectivity index (χ0v) is 12.9. The number of benzene rings is 1. The Bertz CT molecular complexity index is 590. The van der Waals surface area contributed by atoms with Gasteiger partial charge in [-0.05, 0) is 18.4 Å². The maximum atomic E-state index is 5.13. The number of methoxy groups -OCH3 is 1. The molecule has 1 aliphatic heterocycles. The zero-order chi connectivity index (χ0) is 15.2. The normalized spacial score (nSPS) is 18.3. The lowest BCUT2D eigenvalue weighted by Crippen LogP contribution is -2.28. The molecule has 0 saturated carbocycles. The smallest absolute Gasteiger partial charge is 0.226 e. The molecule has 2 heterocycles. The molecule has 1 unspecified atom stereocenters. The van der Waals surface area contributed by atoms with Crippen LogP contribution in [0.4, 0.5) is 5.95 Å². The van der Waals surface area contributed by atoms with E-state index in [0.29, 0.717) is 17.9 Å². The summed E-state index contributed by atoms with van der Waals surface area (Å²) in [6.07, 6.45) is 3.94. The van der Waals surface area contributed by atoms with Gasteiger partial charge in [-0.1, -0.05) is 30.3 Å². The summed E-state index contributed by atoms with van der Waals surface area (Å²) in [5, 5.41) is 3.40. The van der Waals surface area contributed by atoms with Gasteiger partial charge in [0.15, 0.2) is 0 Å². The minimum Gasteiger partial charge on any atom is -0.481 e. The van der Waals surface area contributed by atoms with E-state index < -0.39 is 0 Å². The average Bonchev–Trinajstić information content (AvgIpc) is 3.01. The van der Waals surface area contributed by atoms with Crippen LogP contribution in [-0.4, -0.2) is 47.7 Å². The van der Waals surface area contributed by atoms with Gasteiger partial charge in [-0.25, -0.2) is 4.98 Å². The molecule has 1 N–H and O–H groups in total. The first-order chi connectivity index (χ1) is 10.8. The molecule has 0 radical (unpaired) electrons. The van der Waals surface area contributed by atoms with Crippen LogP contribution in [0.3, 0.4) is 0 Å². The van der Waals surface area contributed by atoms with Gasteiger partial charge < -0.3 is 15.0 Å². The largest absolute Gasteiger partial charge is 0.481 e. The van der Waals surface area contributed by atoms with E-state index in [2.05, 4.69) is 50.5 Å². The molecule has 1 atom stereocenters. The lowest BCUT2D eigenvalue weighted by molar-refractivity contribution is 0.340. The summed E-state index contributed by atoms with van der Waals surface area (Å²) in [5.41, 5.74) is 1.40. The fourth-order valence-electron chi connectivity index (χ4n) is 2.79. The highest BCUT2D eigenvalue weighted by atomic mass is 16.5. The summed E-state index contributed by atoms with van der Waals surface area (Å²) in [7, 11) is 1.62. The van der Waals surface area contributed by atoms with Crippen LogP contribution in [0.5, 0.6) is 5.88 Å². The summed E-state index contributed by atoms with van der Waals surface area (Å²) >= 11 is 0. The van der Waals surface area contributed by atoms with Crippen LogP contribution in [0.25, 0.3) is 0 Å². The van der Waals surface area contributed by atoms with Crippen molar-refractivity contribution in [2.24, 2.45) is 0 Å². The van der Waals surface area contributed by atoms with Crippen molar-refractivity contribution in [3.63, 3.8) is 0 Å². The maximum absolute atomic E-state index is 5.13. The highest BCUT2D eigenvalue weighted by Gasteiger charge is 2.22. The van der Waals surface area contributed by atoms with Gasteiger partial charge in [0.25, 0.3) is 0 Å². The molecular weight excluding hydrogens is 276 g/mol. The Balaban J connectivity index is 1.47. The van der Waals surface area contributed by atoms with Gasteiger partial charge in [0.2, 0.25) is 11.8 Å². The second-order valence-corrected chi connectivity index (χ2v) is 5.59. The van der Waals surface area contributed by atoms with Gasteiger partial charge in [0, 0.05) is 37.9 Å². The van der Waals surface area contributed by atoms with Gasteiger partial charge in [-0.2, -0.15) is 4.98 Å². The zero-order valence-electron chi connectivity index (χ0n) is 12.9. The third-order valence-electron chi connectivity index (χ3n) is 4.00. The Morgan fingerprint density at radius 2 is 2.14 bits per heavy atom. The van der Waals surface area contributed by atoms with E-state index in [1.54, 1.807) is 19.4 Å². The predicted molar refractivity (Wildman–Crippen MR) is 87.2 cm³/mol. The quantitative estimate of drug-likeness (QED) is 0.886. The molecular formula is C17H22N4O. The van der Waals surface area contributed by atoms with Crippen molar-refractivity contribution in [2.45, 2.75) is 18.9 Å². The minimum atomic E-state index is 0.405. The lowest BCUT2D eigenvalue weighted by atomic mass is 10.1. The van der Waals surface area contributed by atoms with Crippen molar-refractivity contribution in [1.82, 2.24) is 14.9 Å². The van der Waals surface area contributed by atoms with E-state index in [9.17, 15) is 0 Å². The SMILES string of the molecule is COc1ccnc(NC2CCN(CCc3ccccc3)C2)n1. The molecule has 0 aliphatic carbocycles. The van der Waals surface area contributed by atoms with Crippen molar-refractivity contribution in [3.05, 3.63) is 48.2 Å². The topological polar surface area (TPSA) is 50.3 Å². The number of ether oxygens (including phenoxy) is 1. The van der Waals surface area contributed by atoms with E-state index in [1.165, 1.54) is 5.56 Å². The average molecular weight is 298 g/mol. The first kappa shape index (κ1) is 14.8. The summed E-state index contributed by atoms with van der Waals surface area (Å²) in [4.78, 5) is 11.0. The summed E-state index contributed by atoms with van der Waals surface area (Å²) in [6.45, 7) is 3.25. The molecule has 1 aromatic heterocycles. The monoisotopic (exact) mass is 298 g/mol. The highest BCUT2D eigenvalue weighted by Crippen LogP contribution is 2.15. The first-order valence-corrected chi connectivity index (χ1v) is 7.73. The van der Waals surface area contributed by atoms with Crippen molar-refractivity contribution >= 4 is 5.95 Å². The third-order valence-corrected chi connectivity index (χ3v) is 4.00. The Kier molecular flexibility index (Phi) is 4.85. The van der Waals surface area contributed by atoms with E-state index in [4.69, 9.17) is 4.74 Å². The molecule has 0 amide bonds. The van der Waals surface area contributed by atoms with Crippen molar-refractivity contribution in [1.29, 1.82) is 0 Å². The van der Waals surface area contributed by atoms with E-state index >= 15 is 0 Å². The molecule has 1 fully saturated rings. The Morgan fingerprint density at radius 1 is 1.27 bits per heavy atom. The van der Waals surface area contributed by atoms with Crippen LogP contribution in [-0.2, 0) is 6.42 Å². The third kappa shape index (κ3) is 3.95. The lowest BCUT2D eigenvalue weighted by Gasteiger charge is -2.16. The predicted octanol–water partition coefficient (Wildman–Crippen LogP) is 2.21. The van der Waals surface area contributed by atoms with Crippen molar-refractivity contribution in [2.75, 3.05) is 32.1 Å². The van der Waals surface area contributed by atoms with Gasteiger partial charge in [0.1, 0.15) is 0 Å². The Hall–Kier alpha value is -2.14. The summed E-state index contributed by atoms with van der Waals surface area (Å²) in [5.74, 6) is 1.24. The van der Waals surface area contributed by atoms with Crippen LogP contribution >= 0.6 is 0 Å². The molecule has 1 aromatic carbocycles. The molecule has 0 spiro atoms. The number of hydrogen-bond donors (Lipinski definition) is 1. The molecule has 5 nitrogen and oxygen atoms in total. The number of hydrogen-bond acceptors (Lipinski definition) is 5. The molecule has 116 valence electrons. The van der Waals surface area contributed by atoms with Crippen LogP contribution in [0.15, 0.2) is 42.6 Å². The second kappa shape index (κ2) is 7.22. The first-order valence-electron chi connectivity index (χ1n) is 7.73. The number of aromatic nitrogens is 2. The molecule has 0 bridgehead atoms. The minimum absolute atomic E-state index is 0.405. The highest BCUT2D eigenvalue weighted by molar-refractivity contribution is 5.29. The van der Waals surface area contributed by atoms with Crippen molar-refractivity contribution in [3.8, 4) is 5.88 Å². The number of anilines is 1. The fraction of sp³-hybridized carbons (Fsp3) is 0.412. The second-order valence-electron chi connectivity index (χ2n) is 5.59. The standard InChI is InChI=1S/C17H22N4O/c1-22-16-7-10-18-17(20-16)19-15-9-12-21(13-15)11-8-14-5-3-2-4-6-14/h2-7,10,15H,8-9,11-13H2,1H3,(H,18,19,20). The van der Waals surface area contributed by atoms with Gasteiger partial charge >= 0.3 is 0 Å². The van der Waals surface area contributed by atoms with E-state index in [-0.39, 0.29) is 0 Å². The molecule has 22 heavy (non-hydrogen) atoms. The fourth-order valence-corrected chi connectivity index (χ4v) is 2.79. The van der Waals surface area contributed by atoms with Crippen LogP contribution in [0.2, 0.25) is 0 Å². The van der Waals surface area contributed by atoms with Gasteiger partial charge in [-0.15, -0.1) is 0 Å². The van der Waals surface area contributed by atoms with Crippen molar-refractivity contribution < 1.29 is 4.74 Å². The van der Waals surface area contributed by atoms with Gasteiger partial charge in [0.05, 0.1) is 7.11 Å². The molecule has 1 saturated heterocycles. The molecule has 1 aliphatic rings. The molecule has 5 heteroatoms. The Morgan fingerprint density at radius 3 is 2.95 bits per heavy atom. The molecule has 3 rings (SSSR count). The molecule has 2 aromatic rings. The number of nitrogens with one attached hydrogen (secondary N) is 1. The number of likely N-dealkylation sites (tertiary alicyclic amines) is 1. The summed E-state index contributed by atoms with van der Waals surface area (Å²) < 4.78 is 5.13. The van der Waals surface area contributed by atoms with Crippen LogP contribution in [0, 0.1) is 0 Å². The number of nitrogens with zero attached hydrogens (tertiary/aromatic N) is 3. The maximum Gasteiger partial charge on any atom is 0.226 e. The van der Waals surface area contributed by atoms with Crippen LogP contribution in [0.1, 0.15) is 12.0 Å². The van der Waals surface area contributed by atoms with Crippen LogP contribution < -0.4 is 10.1 Å². The van der Waals surface area contributed by atoms with E-state index in [0.717, 1.165) is 32.5 Å². The number of rotatable bonds is 6. The van der Waals surface area contributed by atoms with Gasteiger partial charge in [-0.3, -0.25) is 0 Å².